The van der Waals surface area contributed by atoms with E-state index in [2.05, 4.69) is 10.4 Å². The lowest BCUT2D eigenvalue weighted by Gasteiger charge is -2.14. The fourth-order valence-electron chi connectivity index (χ4n) is 2.14. The maximum absolute atomic E-state index is 12.0. The van der Waals surface area contributed by atoms with Crippen molar-refractivity contribution in [3.8, 4) is 0 Å². The lowest BCUT2D eigenvalue weighted by molar-refractivity contribution is -0.136. The minimum atomic E-state index is -0.888. The van der Waals surface area contributed by atoms with Gasteiger partial charge in [-0.05, 0) is 33.6 Å². The van der Waals surface area contributed by atoms with Crippen LogP contribution in [0.5, 0.6) is 0 Å². The number of aromatic nitrogens is 2. The number of aryl methyl sites for hydroxylation is 1. The molecule has 1 saturated carbocycles. The quantitative estimate of drug-likeness (QED) is 0.830. The molecule has 1 amide bonds. The van der Waals surface area contributed by atoms with E-state index in [1.165, 1.54) is 0 Å². The van der Waals surface area contributed by atoms with Crippen LogP contribution in [0.2, 0.25) is 0 Å². The molecule has 1 fully saturated rings. The van der Waals surface area contributed by atoms with E-state index in [0.717, 1.165) is 18.5 Å². The fourth-order valence-corrected chi connectivity index (χ4v) is 2.14. The number of hydrogen-bond acceptors (Lipinski definition) is 3. The molecule has 0 radical (unpaired) electrons. The highest BCUT2D eigenvalue weighted by molar-refractivity contribution is 5.80. The molecule has 0 spiro atoms. The van der Waals surface area contributed by atoms with E-state index >= 15 is 0 Å². The smallest absolute Gasteiger partial charge is 0.307 e. The van der Waals surface area contributed by atoms with Gasteiger partial charge in [-0.2, -0.15) is 5.10 Å². The van der Waals surface area contributed by atoms with E-state index in [1.54, 1.807) is 25.5 Å². The highest BCUT2D eigenvalue weighted by Gasteiger charge is 2.28. The molecule has 6 nitrogen and oxygen atoms in total. The third kappa shape index (κ3) is 2.94. The number of aliphatic carboxylic acids is 1. The number of carboxylic acids is 1. The number of rotatable bonds is 5. The van der Waals surface area contributed by atoms with E-state index in [1.807, 2.05) is 0 Å². The summed E-state index contributed by atoms with van der Waals surface area (Å²) in [6.07, 6.45) is 2.02. The predicted octanol–water partition coefficient (Wildman–Crippen LogP) is 0.967. The van der Waals surface area contributed by atoms with Gasteiger partial charge >= 0.3 is 5.97 Å². The van der Waals surface area contributed by atoms with Crippen LogP contribution in [0.4, 0.5) is 0 Å². The largest absolute Gasteiger partial charge is 0.481 e. The number of carbonyl (C=O) groups excluding carboxylic acids is 1. The summed E-state index contributed by atoms with van der Waals surface area (Å²) in [5, 5.41) is 16.1. The van der Waals surface area contributed by atoms with Crippen LogP contribution in [0.15, 0.2) is 0 Å². The van der Waals surface area contributed by atoms with Crippen LogP contribution in [-0.2, 0) is 16.0 Å². The Labute approximate surface area is 111 Å². The Balaban J connectivity index is 2.19. The molecule has 0 aromatic carbocycles. The minimum absolute atomic E-state index is 0.0602. The van der Waals surface area contributed by atoms with Gasteiger partial charge in [-0.3, -0.25) is 14.3 Å². The van der Waals surface area contributed by atoms with Crippen molar-refractivity contribution in [1.29, 1.82) is 0 Å². The Hall–Kier alpha value is -1.85. The van der Waals surface area contributed by atoms with Crippen molar-refractivity contribution < 1.29 is 14.7 Å². The normalized spacial score (nSPS) is 16.2. The molecule has 1 heterocycles. The first-order valence-corrected chi connectivity index (χ1v) is 6.47. The molecular weight excluding hydrogens is 246 g/mol. The van der Waals surface area contributed by atoms with Crippen molar-refractivity contribution in [3.63, 3.8) is 0 Å². The minimum Gasteiger partial charge on any atom is -0.481 e. The third-order valence-electron chi connectivity index (χ3n) is 3.47. The molecule has 2 N–H and O–H groups in total. The average molecular weight is 265 g/mol. The number of nitrogens with zero attached hydrogens (tertiary/aromatic N) is 2. The summed E-state index contributed by atoms with van der Waals surface area (Å²) in [4.78, 5) is 22.8. The van der Waals surface area contributed by atoms with Crippen LogP contribution in [0.25, 0.3) is 0 Å². The molecular formula is C13H19N3O3. The third-order valence-corrected chi connectivity index (χ3v) is 3.47. The first-order chi connectivity index (χ1) is 8.90. The van der Waals surface area contributed by atoms with E-state index in [0.29, 0.717) is 17.3 Å². The molecule has 104 valence electrons. The highest BCUT2D eigenvalue weighted by atomic mass is 16.4. The zero-order chi connectivity index (χ0) is 14.2. The Morgan fingerprint density at radius 3 is 2.63 bits per heavy atom. The predicted molar refractivity (Wildman–Crippen MR) is 68.9 cm³/mol. The second kappa shape index (κ2) is 5.03. The molecule has 1 atom stereocenters. The summed E-state index contributed by atoms with van der Waals surface area (Å²) < 4.78 is 1.62. The maximum atomic E-state index is 12.0. The van der Waals surface area contributed by atoms with Gasteiger partial charge in [-0.1, -0.05) is 0 Å². The van der Waals surface area contributed by atoms with Gasteiger partial charge in [-0.25, -0.2) is 0 Å². The zero-order valence-corrected chi connectivity index (χ0v) is 11.4. The second-order valence-electron chi connectivity index (χ2n) is 5.12. The zero-order valence-electron chi connectivity index (χ0n) is 11.4. The maximum Gasteiger partial charge on any atom is 0.307 e. The Kier molecular flexibility index (Phi) is 3.59. The molecule has 0 saturated heterocycles. The molecule has 0 bridgehead atoms. The number of carboxylic acid groups (broad SMARTS) is 1. The van der Waals surface area contributed by atoms with Crippen molar-refractivity contribution in [2.75, 3.05) is 0 Å². The number of hydrogen-bond donors (Lipinski definition) is 2. The number of amides is 1. The van der Waals surface area contributed by atoms with E-state index < -0.39 is 12.0 Å². The molecule has 1 unspecified atom stereocenters. The summed E-state index contributed by atoms with van der Waals surface area (Å²) in [7, 11) is 0. The molecule has 1 aliphatic rings. The van der Waals surface area contributed by atoms with Crippen LogP contribution in [0.1, 0.15) is 42.8 Å². The first-order valence-electron chi connectivity index (χ1n) is 6.47. The fraction of sp³-hybridized carbons (Fsp3) is 0.615. The van der Waals surface area contributed by atoms with Crippen molar-refractivity contribution in [2.24, 2.45) is 0 Å². The van der Waals surface area contributed by atoms with E-state index in [9.17, 15) is 9.59 Å². The monoisotopic (exact) mass is 265 g/mol. The second-order valence-corrected chi connectivity index (χ2v) is 5.12. The SMILES string of the molecule is Cc1nn(C(C)C(=O)NC2CC2)c(C)c1CC(=O)O. The van der Waals surface area contributed by atoms with Crippen LogP contribution in [-0.4, -0.2) is 32.8 Å². The summed E-state index contributed by atoms with van der Waals surface area (Å²) in [5.74, 6) is -0.948. The van der Waals surface area contributed by atoms with Crippen molar-refractivity contribution >= 4 is 11.9 Å². The van der Waals surface area contributed by atoms with Gasteiger partial charge in [-0.15, -0.1) is 0 Å². The van der Waals surface area contributed by atoms with Crippen LogP contribution in [0.3, 0.4) is 0 Å². The Bertz CT molecular complexity index is 517. The summed E-state index contributed by atoms with van der Waals surface area (Å²) in [6, 6.07) is -0.104. The molecule has 0 aliphatic heterocycles. The summed E-state index contributed by atoms with van der Waals surface area (Å²) >= 11 is 0. The lowest BCUT2D eigenvalue weighted by atomic mass is 10.1. The number of carbonyl (C=O) groups is 2. The van der Waals surface area contributed by atoms with Crippen LogP contribution in [0, 0.1) is 13.8 Å². The Morgan fingerprint density at radius 2 is 2.11 bits per heavy atom. The number of nitrogens with one attached hydrogen (secondary N) is 1. The molecule has 6 heteroatoms. The lowest BCUT2D eigenvalue weighted by Crippen LogP contribution is -2.33. The van der Waals surface area contributed by atoms with Gasteiger partial charge in [0.05, 0.1) is 12.1 Å². The van der Waals surface area contributed by atoms with Gasteiger partial charge in [0.25, 0.3) is 0 Å². The Morgan fingerprint density at radius 1 is 1.47 bits per heavy atom. The molecule has 1 aromatic rings. The molecule has 1 aromatic heterocycles. The van der Waals surface area contributed by atoms with Crippen molar-refractivity contribution in [2.45, 2.75) is 52.1 Å². The van der Waals surface area contributed by atoms with Gasteiger partial charge < -0.3 is 10.4 Å². The topological polar surface area (TPSA) is 84.2 Å². The molecule has 2 rings (SSSR count). The first kappa shape index (κ1) is 13.6. The summed E-state index contributed by atoms with van der Waals surface area (Å²) in [5.41, 5.74) is 2.11. The molecule has 19 heavy (non-hydrogen) atoms. The van der Waals surface area contributed by atoms with Gasteiger partial charge in [0.15, 0.2) is 0 Å². The van der Waals surface area contributed by atoms with E-state index in [-0.39, 0.29) is 12.3 Å². The van der Waals surface area contributed by atoms with Crippen molar-refractivity contribution in [1.82, 2.24) is 15.1 Å². The van der Waals surface area contributed by atoms with Gasteiger partial charge in [0, 0.05) is 17.3 Å². The standard InChI is InChI=1S/C13H19N3O3/c1-7-11(6-12(17)18)8(2)16(15-7)9(3)13(19)14-10-4-5-10/h9-10H,4-6H2,1-3H3,(H,14,19)(H,17,18). The van der Waals surface area contributed by atoms with Gasteiger partial charge in [0.1, 0.15) is 6.04 Å². The summed E-state index contributed by atoms with van der Waals surface area (Å²) in [6.45, 7) is 5.36. The molecule has 1 aliphatic carbocycles. The van der Waals surface area contributed by atoms with Crippen LogP contribution >= 0.6 is 0 Å². The highest BCUT2D eigenvalue weighted by Crippen LogP contribution is 2.22. The van der Waals surface area contributed by atoms with Crippen molar-refractivity contribution in [3.05, 3.63) is 17.0 Å². The average Bonchev–Trinajstić information content (AvgIpc) is 3.10. The van der Waals surface area contributed by atoms with E-state index in [4.69, 9.17) is 5.11 Å². The van der Waals surface area contributed by atoms with Gasteiger partial charge in [0.2, 0.25) is 5.91 Å². The van der Waals surface area contributed by atoms with Crippen LogP contribution < -0.4 is 5.32 Å².